The van der Waals surface area contributed by atoms with Crippen LogP contribution >= 0.6 is 0 Å². The van der Waals surface area contributed by atoms with Crippen molar-refractivity contribution in [3.8, 4) is 0 Å². The van der Waals surface area contributed by atoms with Crippen molar-refractivity contribution < 1.29 is 4.79 Å². The van der Waals surface area contributed by atoms with E-state index in [0.29, 0.717) is 28.8 Å². The van der Waals surface area contributed by atoms with Gasteiger partial charge in [0.25, 0.3) is 11.5 Å². The van der Waals surface area contributed by atoms with Crippen molar-refractivity contribution in [1.82, 2.24) is 20.6 Å². The number of aromatic nitrogens is 2. The van der Waals surface area contributed by atoms with Crippen LogP contribution in [0.3, 0.4) is 0 Å². The molecule has 1 aromatic heterocycles. The van der Waals surface area contributed by atoms with Crippen molar-refractivity contribution in [2.24, 2.45) is 0 Å². The Hall–Kier alpha value is -2.99. The van der Waals surface area contributed by atoms with Crippen molar-refractivity contribution in [1.29, 1.82) is 0 Å². The lowest BCUT2D eigenvalue weighted by molar-refractivity contribution is 0.0904. The topological polar surface area (TPSA) is 86.9 Å². The van der Waals surface area contributed by atoms with Gasteiger partial charge in [0.05, 0.1) is 16.4 Å². The summed E-state index contributed by atoms with van der Waals surface area (Å²) in [6.07, 6.45) is 0.827. The Labute approximate surface area is 150 Å². The molecule has 0 radical (unpaired) electrons. The average molecular weight is 348 g/mol. The van der Waals surface area contributed by atoms with Gasteiger partial charge in [-0.25, -0.2) is 4.98 Å². The Morgan fingerprint density at radius 3 is 2.73 bits per heavy atom. The molecule has 1 aliphatic rings. The van der Waals surface area contributed by atoms with Crippen molar-refractivity contribution in [3.05, 3.63) is 75.8 Å². The van der Waals surface area contributed by atoms with Crippen LogP contribution in [0.4, 0.5) is 0 Å². The third-order valence-corrected chi connectivity index (χ3v) is 4.92. The number of hydrogen-bond acceptors (Lipinski definition) is 4. The lowest BCUT2D eigenvalue weighted by atomic mass is 9.88. The fourth-order valence-corrected chi connectivity index (χ4v) is 3.56. The van der Waals surface area contributed by atoms with Gasteiger partial charge in [0.2, 0.25) is 0 Å². The van der Waals surface area contributed by atoms with E-state index in [1.54, 1.807) is 25.1 Å². The summed E-state index contributed by atoms with van der Waals surface area (Å²) in [5, 5.41) is 7.02. The van der Waals surface area contributed by atoms with Gasteiger partial charge < -0.3 is 15.6 Å². The number of H-pyrrole nitrogens is 1. The van der Waals surface area contributed by atoms with E-state index >= 15 is 0 Å². The van der Waals surface area contributed by atoms with E-state index in [2.05, 4.69) is 20.6 Å². The molecule has 1 saturated heterocycles. The Kier molecular flexibility index (Phi) is 4.05. The molecule has 1 amide bonds. The van der Waals surface area contributed by atoms with Crippen LogP contribution in [-0.4, -0.2) is 29.0 Å². The number of fused-ring (bicyclic) bond motifs is 1. The van der Waals surface area contributed by atoms with Crippen LogP contribution in [0.25, 0.3) is 10.9 Å². The monoisotopic (exact) mass is 348 g/mol. The second-order valence-electron chi connectivity index (χ2n) is 6.71. The summed E-state index contributed by atoms with van der Waals surface area (Å²) >= 11 is 0. The molecule has 0 bridgehead atoms. The highest BCUT2D eigenvalue weighted by molar-refractivity contribution is 5.98. The maximum atomic E-state index is 12.9. The van der Waals surface area contributed by atoms with Crippen molar-refractivity contribution in [2.75, 3.05) is 13.1 Å². The molecule has 26 heavy (non-hydrogen) atoms. The first-order valence-corrected chi connectivity index (χ1v) is 8.67. The molecule has 0 aliphatic carbocycles. The molecular formula is C20H20N4O2. The standard InChI is InChI=1S/C20H20N4O2/c1-13-22-17-11-14(7-8-16(17)19(26)23-13)18(25)24-20(9-10-21-12-20)15-5-3-2-4-6-15/h2-8,11,21H,9-10,12H2,1H3,(H,24,25)(H,22,23,26). The minimum absolute atomic E-state index is 0.167. The molecule has 4 rings (SSSR count). The first kappa shape index (κ1) is 16.5. The van der Waals surface area contributed by atoms with Gasteiger partial charge >= 0.3 is 0 Å². The number of aryl methyl sites for hydroxylation is 1. The summed E-state index contributed by atoms with van der Waals surface area (Å²) in [6.45, 7) is 3.26. The van der Waals surface area contributed by atoms with E-state index < -0.39 is 5.54 Å². The summed E-state index contributed by atoms with van der Waals surface area (Å²) < 4.78 is 0. The van der Waals surface area contributed by atoms with Crippen LogP contribution in [0, 0.1) is 6.92 Å². The molecule has 3 aromatic rings. The summed E-state index contributed by atoms with van der Waals surface area (Å²) in [4.78, 5) is 31.9. The number of rotatable bonds is 3. The van der Waals surface area contributed by atoms with Gasteiger partial charge in [-0.3, -0.25) is 9.59 Å². The highest BCUT2D eigenvalue weighted by atomic mass is 16.2. The van der Waals surface area contributed by atoms with Crippen molar-refractivity contribution in [3.63, 3.8) is 0 Å². The predicted octanol–water partition coefficient (Wildman–Crippen LogP) is 1.85. The lowest BCUT2D eigenvalue weighted by Crippen LogP contribution is -2.47. The smallest absolute Gasteiger partial charge is 0.258 e. The van der Waals surface area contributed by atoms with E-state index in [9.17, 15) is 9.59 Å². The first-order valence-electron chi connectivity index (χ1n) is 8.67. The Bertz CT molecular complexity index is 1020. The molecule has 0 saturated carbocycles. The maximum absolute atomic E-state index is 12.9. The summed E-state index contributed by atoms with van der Waals surface area (Å²) in [6, 6.07) is 15.0. The fraction of sp³-hybridized carbons (Fsp3) is 0.250. The molecule has 6 heteroatoms. The van der Waals surface area contributed by atoms with Gasteiger partial charge in [0.15, 0.2) is 0 Å². The average Bonchev–Trinajstić information content (AvgIpc) is 3.11. The largest absolute Gasteiger partial charge is 0.341 e. The summed E-state index contributed by atoms with van der Waals surface area (Å²) in [5.74, 6) is 0.361. The van der Waals surface area contributed by atoms with Crippen molar-refractivity contribution in [2.45, 2.75) is 18.9 Å². The lowest BCUT2D eigenvalue weighted by Gasteiger charge is -2.30. The van der Waals surface area contributed by atoms with Gasteiger partial charge in [0, 0.05) is 12.1 Å². The molecule has 3 N–H and O–H groups in total. The van der Waals surface area contributed by atoms with Gasteiger partial charge in [-0.1, -0.05) is 30.3 Å². The molecular weight excluding hydrogens is 328 g/mol. The van der Waals surface area contributed by atoms with Crippen LogP contribution in [0.5, 0.6) is 0 Å². The van der Waals surface area contributed by atoms with E-state index in [4.69, 9.17) is 0 Å². The second-order valence-corrected chi connectivity index (χ2v) is 6.71. The third-order valence-electron chi connectivity index (χ3n) is 4.92. The van der Waals surface area contributed by atoms with Crippen LogP contribution in [0.15, 0.2) is 53.3 Å². The highest BCUT2D eigenvalue weighted by Gasteiger charge is 2.37. The molecule has 0 spiro atoms. The molecule has 1 fully saturated rings. The molecule has 6 nitrogen and oxygen atoms in total. The van der Waals surface area contributed by atoms with Crippen LogP contribution in [-0.2, 0) is 5.54 Å². The van der Waals surface area contributed by atoms with Crippen LogP contribution < -0.4 is 16.2 Å². The number of nitrogens with zero attached hydrogens (tertiary/aromatic N) is 1. The molecule has 1 unspecified atom stereocenters. The predicted molar refractivity (Wildman–Crippen MR) is 100 cm³/mol. The molecule has 2 heterocycles. The molecule has 2 aromatic carbocycles. The zero-order chi connectivity index (χ0) is 18.1. The highest BCUT2D eigenvalue weighted by Crippen LogP contribution is 2.28. The minimum Gasteiger partial charge on any atom is -0.341 e. The SMILES string of the molecule is Cc1nc2cc(C(=O)NC3(c4ccccc4)CCNC3)ccc2c(=O)[nH]1. The summed E-state index contributed by atoms with van der Waals surface area (Å²) in [5.41, 5.74) is 1.49. The quantitative estimate of drug-likeness (QED) is 0.674. The number of aromatic amines is 1. The van der Waals surface area contributed by atoms with Crippen LogP contribution in [0.2, 0.25) is 0 Å². The number of nitrogens with one attached hydrogen (secondary N) is 3. The number of benzene rings is 2. The van der Waals surface area contributed by atoms with E-state index in [1.165, 1.54) is 0 Å². The Morgan fingerprint density at radius 1 is 1.19 bits per heavy atom. The molecule has 1 atom stereocenters. The van der Waals surface area contributed by atoms with Gasteiger partial charge in [-0.05, 0) is 43.7 Å². The fourth-order valence-electron chi connectivity index (χ4n) is 3.56. The maximum Gasteiger partial charge on any atom is 0.258 e. The van der Waals surface area contributed by atoms with Gasteiger partial charge in [0.1, 0.15) is 5.82 Å². The Balaban J connectivity index is 1.69. The normalized spacial score (nSPS) is 19.6. The molecule has 1 aliphatic heterocycles. The third kappa shape index (κ3) is 2.88. The van der Waals surface area contributed by atoms with E-state index in [1.807, 2.05) is 30.3 Å². The Morgan fingerprint density at radius 2 is 2.00 bits per heavy atom. The van der Waals surface area contributed by atoms with E-state index in [0.717, 1.165) is 18.5 Å². The van der Waals surface area contributed by atoms with Gasteiger partial charge in [-0.15, -0.1) is 0 Å². The van der Waals surface area contributed by atoms with E-state index in [-0.39, 0.29) is 11.5 Å². The minimum atomic E-state index is -0.426. The number of carbonyl (C=O) groups is 1. The first-order chi connectivity index (χ1) is 12.6. The number of hydrogen-bond donors (Lipinski definition) is 3. The van der Waals surface area contributed by atoms with Crippen LogP contribution in [0.1, 0.15) is 28.2 Å². The second kappa shape index (κ2) is 6.38. The van der Waals surface area contributed by atoms with Gasteiger partial charge in [-0.2, -0.15) is 0 Å². The van der Waals surface area contributed by atoms with Crippen molar-refractivity contribution >= 4 is 16.8 Å². The number of amides is 1. The zero-order valence-corrected chi connectivity index (χ0v) is 14.5. The summed E-state index contributed by atoms with van der Waals surface area (Å²) in [7, 11) is 0. The zero-order valence-electron chi connectivity index (χ0n) is 14.5. The number of carbonyl (C=O) groups excluding carboxylic acids is 1. The molecule has 132 valence electrons.